The zero-order valence-corrected chi connectivity index (χ0v) is 13.8. The molecule has 0 amide bonds. The maximum absolute atomic E-state index is 11.2. The molecule has 3 nitrogen and oxygen atoms in total. The Labute approximate surface area is 86.5 Å². The molecular weight excluding hydrogens is 232 g/mol. The average molecular weight is 245 g/mol. The van der Waals surface area contributed by atoms with E-state index in [0.717, 1.165) is 5.19 Å². The Hall–Kier alpha value is -0.192. The largest absolute Gasteiger partial charge is 0.440 e. The lowest BCUT2D eigenvalue weighted by atomic mass is 10.4. The molecule has 0 unspecified atom stereocenters. The van der Waals surface area contributed by atoms with Crippen LogP contribution in [0.4, 0.5) is 0 Å². The van der Waals surface area contributed by atoms with Crippen LogP contribution in [0.5, 0.6) is 0 Å². The third-order valence-electron chi connectivity index (χ3n) is 1.94. The third kappa shape index (κ3) is 2.18. The Morgan fingerprint density at radius 3 is 2.08 bits per heavy atom. The van der Waals surface area contributed by atoms with Crippen molar-refractivity contribution >= 4 is 43.2 Å². The van der Waals surface area contributed by atoms with E-state index in [2.05, 4.69) is 0 Å². The molecule has 0 aliphatic rings. The molecule has 0 fully saturated rings. The summed E-state index contributed by atoms with van der Waals surface area (Å²) in [4.78, 5) is 0. The van der Waals surface area contributed by atoms with Crippen molar-refractivity contribution in [1.82, 2.24) is 0 Å². The summed E-state index contributed by atoms with van der Waals surface area (Å²) in [7, 11) is -2.26. The van der Waals surface area contributed by atoms with Crippen molar-refractivity contribution in [3.63, 3.8) is 0 Å². The second kappa shape index (κ2) is 4.88. The normalized spacial score (nSPS) is 15.4. The molecule has 13 heavy (non-hydrogen) atoms. The third-order valence-corrected chi connectivity index (χ3v) is 14.4. The van der Waals surface area contributed by atoms with Crippen molar-refractivity contribution in [2.75, 3.05) is 0 Å². The molecular formula is C6H12O3Si4. The van der Waals surface area contributed by atoms with Gasteiger partial charge in [0.15, 0.2) is 0 Å². The molecule has 1 aromatic carbocycles. The molecule has 1 aromatic rings. The minimum absolute atomic E-state index is 0.580. The van der Waals surface area contributed by atoms with Gasteiger partial charge in [-0.15, -0.1) is 0 Å². The Bertz CT molecular complexity index is 274. The molecule has 0 saturated heterocycles. The molecule has 0 aromatic heterocycles. The van der Waals surface area contributed by atoms with Crippen LogP contribution in [0.3, 0.4) is 0 Å². The van der Waals surface area contributed by atoms with Crippen molar-refractivity contribution in [2.24, 2.45) is 0 Å². The Morgan fingerprint density at radius 1 is 1.15 bits per heavy atom. The average Bonchev–Trinajstić information content (AvgIpc) is 2.23. The maximum Gasteiger partial charge on any atom is 0.393 e. The van der Waals surface area contributed by atoms with Gasteiger partial charge in [0.1, 0.15) is 21.0 Å². The standard InChI is InChI=1S/C6H12O3Si4/c7-12-13(8-10,9-11)6-4-2-1-3-5-6/h1-5,12H,10-11H3. The van der Waals surface area contributed by atoms with Crippen LogP contribution in [0.2, 0.25) is 0 Å². The second-order valence-electron chi connectivity index (χ2n) is 2.56. The summed E-state index contributed by atoms with van der Waals surface area (Å²) in [5.74, 6) is 0. The van der Waals surface area contributed by atoms with Gasteiger partial charge < -0.3 is 12.7 Å². The molecule has 0 atom stereocenters. The first kappa shape index (κ1) is 10.9. The Kier molecular flexibility index (Phi) is 4.09. The molecule has 0 radical (unpaired) electrons. The minimum Gasteiger partial charge on any atom is -0.440 e. The summed E-state index contributed by atoms with van der Waals surface area (Å²) in [6.45, 7) is 0. The van der Waals surface area contributed by atoms with Crippen LogP contribution in [0.1, 0.15) is 0 Å². The second-order valence-corrected chi connectivity index (χ2v) is 11.0. The van der Waals surface area contributed by atoms with Gasteiger partial charge in [0.25, 0.3) is 0 Å². The van der Waals surface area contributed by atoms with Gasteiger partial charge in [-0.25, -0.2) is 0 Å². The van der Waals surface area contributed by atoms with Gasteiger partial charge in [-0.1, -0.05) is 30.3 Å². The SMILES string of the molecule is O=[SiH][Si](O[SiH3])(O[SiH3])c1ccccc1. The van der Waals surface area contributed by atoms with Gasteiger partial charge in [-0.05, 0) is 5.19 Å². The van der Waals surface area contributed by atoms with E-state index in [-0.39, 0.29) is 0 Å². The fourth-order valence-corrected chi connectivity index (χ4v) is 9.49. The van der Waals surface area contributed by atoms with Crippen LogP contribution < -0.4 is 5.19 Å². The van der Waals surface area contributed by atoms with E-state index in [0.29, 0.717) is 21.0 Å². The van der Waals surface area contributed by atoms with Gasteiger partial charge in [-0.3, -0.25) is 0 Å². The lowest BCUT2D eigenvalue weighted by molar-refractivity contribution is 0.465. The summed E-state index contributed by atoms with van der Waals surface area (Å²) in [5.41, 5.74) is 0. The highest BCUT2D eigenvalue weighted by Gasteiger charge is 2.37. The van der Waals surface area contributed by atoms with Crippen molar-refractivity contribution in [2.45, 2.75) is 0 Å². The Balaban J connectivity index is 3.08. The smallest absolute Gasteiger partial charge is 0.393 e. The zero-order chi connectivity index (χ0) is 9.73. The van der Waals surface area contributed by atoms with E-state index in [1.807, 2.05) is 30.3 Å². The van der Waals surface area contributed by atoms with Gasteiger partial charge in [0, 0.05) is 0 Å². The van der Waals surface area contributed by atoms with Crippen molar-refractivity contribution in [3.05, 3.63) is 30.3 Å². The molecule has 7 heteroatoms. The van der Waals surface area contributed by atoms with Gasteiger partial charge >= 0.3 is 17.0 Å². The predicted octanol–water partition coefficient (Wildman–Crippen LogP) is -2.79. The van der Waals surface area contributed by atoms with Gasteiger partial charge in [-0.2, -0.15) is 0 Å². The van der Waals surface area contributed by atoms with E-state index in [9.17, 15) is 4.46 Å². The summed E-state index contributed by atoms with van der Waals surface area (Å²) in [6.07, 6.45) is 0. The van der Waals surface area contributed by atoms with E-state index in [4.69, 9.17) is 8.23 Å². The van der Waals surface area contributed by atoms with Crippen molar-refractivity contribution in [3.8, 4) is 0 Å². The molecule has 0 saturated carbocycles. The Morgan fingerprint density at radius 2 is 1.69 bits per heavy atom. The van der Waals surface area contributed by atoms with Crippen molar-refractivity contribution in [1.29, 1.82) is 0 Å². The van der Waals surface area contributed by atoms with Crippen LogP contribution in [-0.4, -0.2) is 38.0 Å². The highest BCUT2D eigenvalue weighted by atomic mass is 29.2. The van der Waals surface area contributed by atoms with E-state index >= 15 is 0 Å². The van der Waals surface area contributed by atoms with Gasteiger partial charge in [0.2, 0.25) is 0 Å². The molecule has 1 rings (SSSR count). The van der Waals surface area contributed by atoms with E-state index < -0.39 is 17.0 Å². The maximum atomic E-state index is 11.2. The fraction of sp³-hybridized carbons (Fsp3) is 0. The quantitative estimate of drug-likeness (QED) is 0.537. The highest BCUT2D eigenvalue weighted by Crippen LogP contribution is 2.00. The molecule has 0 aliphatic heterocycles. The van der Waals surface area contributed by atoms with Crippen LogP contribution >= 0.6 is 0 Å². The lowest BCUT2D eigenvalue weighted by Gasteiger charge is -2.22. The number of rotatable bonds is 4. The first-order valence-corrected chi connectivity index (χ1v) is 9.64. The van der Waals surface area contributed by atoms with E-state index in [1.54, 1.807) is 0 Å². The van der Waals surface area contributed by atoms with Crippen molar-refractivity contribution < 1.29 is 12.7 Å². The molecule has 0 heterocycles. The molecule has 0 spiro atoms. The molecule has 0 N–H and O–H groups in total. The van der Waals surface area contributed by atoms with Gasteiger partial charge in [0.05, 0.1) is 0 Å². The van der Waals surface area contributed by atoms with E-state index in [1.165, 1.54) is 0 Å². The summed E-state index contributed by atoms with van der Waals surface area (Å²) in [6, 6.07) is 9.66. The topological polar surface area (TPSA) is 35.5 Å². The first-order chi connectivity index (χ1) is 6.29. The molecule has 0 aliphatic carbocycles. The number of hydrogen-bond donors (Lipinski definition) is 0. The number of hydrogen-bond acceptors (Lipinski definition) is 3. The lowest BCUT2D eigenvalue weighted by Crippen LogP contribution is -2.56. The fourth-order valence-electron chi connectivity index (χ4n) is 1.15. The first-order valence-electron chi connectivity index (χ1n) is 3.91. The monoisotopic (exact) mass is 244 g/mol. The molecule has 0 bridgehead atoms. The number of benzene rings is 1. The summed E-state index contributed by atoms with van der Waals surface area (Å²) < 4.78 is 22.0. The van der Waals surface area contributed by atoms with Crippen LogP contribution in [-0.2, 0) is 12.7 Å². The van der Waals surface area contributed by atoms with Crippen LogP contribution in [0.25, 0.3) is 0 Å². The highest BCUT2D eigenvalue weighted by molar-refractivity contribution is 7.21. The predicted molar refractivity (Wildman–Crippen MR) is 61.7 cm³/mol. The van der Waals surface area contributed by atoms with Crippen LogP contribution in [0, 0.1) is 0 Å². The summed E-state index contributed by atoms with van der Waals surface area (Å²) in [5, 5.41) is 0.991. The molecule has 70 valence electrons. The zero-order valence-electron chi connectivity index (χ0n) is 7.69. The van der Waals surface area contributed by atoms with Crippen LogP contribution in [0.15, 0.2) is 30.3 Å². The minimum atomic E-state index is -2.44. The summed E-state index contributed by atoms with van der Waals surface area (Å²) >= 11 is 0.